The monoisotopic (exact) mass is 359 g/mol. The Balaban J connectivity index is 1.85. The minimum absolute atomic E-state index is 0.130. The number of hydrogen-bond donors (Lipinski definition) is 1. The van der Waals surface area contributed by atoms with E-state index in [2.05, 4.69) is 5.32 Å². The zero-order valence-electron chi connectivity index (χ0n) is 15.4. The van der Waals surface area contributed by atoms with Crippen LogP contribution in [0.2, 0.25) is 0 Å². The van der Waals surface area contributed by atoms with Gasteiger partial charge in [0.25, 0.3) is 5.91 Å². The Kier molecular flexibility index (Phi) is 5.67. The van der Waals surface area contributed by atoms with Crippen molar-refractivity contribution in [3.63, 3.8) is 0 Å². The van der Waals surface area contributed by atoms with Gasteiger partial charge >= 0.3 is 0 Å². The van der Waals surface area contributed by atoms with Crippen molar-refractivity contribution in [1.82, 2.24) is 0 Å². The molecule has 4 heteroatoms. The Labute approximate surface area is 158 Å². The van der Waals surface area contributed by atoms with Gasteiger partial charge in [0.05, 0.1) is 12.3 Å². The van der Waals surface area contributed by atoms with Crippen LogP contribution in [-0.4, -0.2) is 18.3 Å². The van der Waals surface area contributed by atoms with Gasteiger partial charge in [-0.1, -0.05) is 42.5 Å². The number of nitrogens with one attached hydrogen (secondary N) is 1. The lowest BCUT2D eigenvalue weighted by Crippen LogP contribution is -2.15. The van der Waals surface area contributed by atoms with Crippen LogP contribution < -0.4 is 10.1 Å². The number of amides is 1. The molecule has 0 aliphatic carbocycles. The molecule has 136 valence electrons. The van der Waals surface area contributed by atoms with Crippen LogP contribution in [0.3, 0.4) is 0 Å². The number of benzene rings is 3. The van der Waals surface area contributed by atoms with E-state index in [0.717, 1.165) is 11.3 Å². The molecule has 0 aliphatic rings. The van der Waals surface area contributed by atoms with Gasteiger partial charge in [-0.25, -0.2) is 0 Å². The molecule has 0 heterocycles. The van der Waals surface area contributed by atoms with Crippen LogP contribution in [0.25, 0.3) is 0 Å². The molecule has 0 radical (unpaired) electrons. The number of anilines is 1. The molecular formula is C23H21NO3. The molecule has 3 aromatic carbocycles. The normalized spacial score (nSPS) is 10.3. The number of carbonyl (C=O) groups is 2. The maximum atomic E-state index is 12.8. The van der Waals surface area contributed by atoms with Crippen molar-refractivity contribution in [2.45, 2.75) is 13.8 Å². The number of ketones is 1. The van der Waals surface area contributed by atoms with Crippen LogP contribution in [-0.2, 0) is 0 Å². The number of carbonyl (C=O) groups excluding carboxylic acids is 2. The summed E-state index contributed by atoms with van der Waals surface area (Å²) in [6.45, 7) is 4.39. The van der Waals surface area contributed by atoms with E-state index in [9.17, 15) is 9.59 Å². The molecule has 3 aromatic rings. The van der Waals surface area contributed by atoms with Gasteiger partial charge in [0, 0.05) is 16.7 Å². The summed E-state index contributed by atoms with van der Waals surface area (Å²) < 4.78 is 5.51. The summed E-state index contributed by atoms with van der Waals surface area (Å²) >= 11 is 0. The smallest absolute Gasteiger partial charge is 0.255 e. The lowest BCUT2D eigenvalue weighted by atomic mass is 10.0. The summed E-state index contributed by atoms with van der Waals surface area (Å²) in [6, 6.07) is 21.3. The first-order chi connectivity index (χ1) is 13.1. The number of rotatable bonds is 6. The van der Waals surface area contributed by atoms with Crippen LogP contribution >= 0.6 is 0 Å². The first kappa shape index (κ1) is 18.4. The zero-order chi connectivity index (χ0) is 19.2. The van der Waals surface area contributed by atoms with E-state index in [1.54, 1.807) is 54.6 Å². The van der Waals surface area contributed by atoms with Crippen LogP contribution in [0.1, 0.15) is 38.8 Å². The topological polar surface area (TPSA) is 55.4 Å². The average Bonchev–Trinajstić information content (AvgIpc) is 2.70. The molecule has 0 saturated carbocycles. The SMILES string of the molecule is CCOc1ccc(C(=O)Nc2ccccc2C(=O)c2ccccc2)cc1C. The minimum atomic E-state index is -0.269. The van der Waals surface area contributed by atoms with Crippen LogP contribution in [0.4, 0.5) is 5.69 Å². The Hall–Kier alpha value is -3.40. The van der Waals surface area contributed by atoms with Crippen molar-refractivity contribution in [2.75, 3.05) is 11.9 Å². The molecule has 27 heavy (non-hydrogen) atoms. The van der Waals surface area contributed by atoms with E-state index < -0.39 is 0 Å². The molecule has 0 aliphatic heterocycles. The number of ether oxygens (including phenoxy) is 1. The third kappa shape index (κ3) is 4.23. The fourth-order valence-electron chi connectivity index (χ4n) is 2.84. The maximum Gasteiger partial charge on any atom is 0.255 e. The third-order valence-corrected chi connectivity index (χ3v) is 4.19. The van der Waals surface area contributed by atoms with Gasteiger partial charge in [-0.3, -0.25) is 9.59 Å². The third-order valence-electron chi connectivity index (χ3n) is 4.19. The second-order valence-electron chi connectivity index (χ2n) is 6.11. The van der Waals surface area contributed by atoms with Crippen LogP contribution in [0.15, 0.2) is 72.8 Å². The lowest BCUT2D eigenvalue weighted by molar-refractivity contribution is 0.102. The van der Waals surface area contributed by atoms with Gasteiger partial charge in [-0.2, -0.15) is 0 Å². The second kappa shape index (κ2) is 8.32. The molecule has 0 bridgehead atoms. The average molecular weight is 359 g/mol. The highest BCUT2D eigenvalue weighted by atomic mass is 16.5. The summed E-state index contributed by atoms with van der Waals surface area (Å²) in [7, 11) is 0. The number of hydrogen-bond acceptors (Lipinski definition) is 3. The number of aryl methyl sites for hydroxylation is 1. The molecule has 0 spiro atoms. The summed E-state index contributed by atoms with van der Waals surface area (Å²) in [5.74, 6) is 0.359. The van der Waals surface area contributed by atoms with Crippen molar-refractivity contribution in [3.05, 3.63) is 95.1 Å². The summed E-state index contributed by atoms with van der Waals surface area (Å²) in [5.41, 5.74) is 2.93. The standard InChI is InChI=1S/C23H21NO3/c1-3-27-21-14-13-18(15-16(21)2)23(26)24-20-12-8-7-11-19(20)22(25)17-9-5-4-6-10-17/h4-15H,3H2,1-2H3,(H,24,26). The second-order valence-corrected chi connectivity index (χ2v) is 6.11. The Morgan fingerprint density at radius 3 is 2.30 bits per heavy atom. The molecule has 0 aromatic heterocycles. The van der Waals surface area contributed by atoms with Gasteiger partial charge in [0.1, 0.15) is 5.75 Å². The van der Waals surface area contributed by atoms with E-state index in [0.29, 0.717) is 29.0 Å². The Morgan fingerprint density at radius 2 is 1.59 bits per heavy atom. The fraction of sp³-hybridized carbons (Fsp3) is 0.130. The predicted molar refractivity (Wildman–Crippen MR) is 107 cm³/mol. The van der Waals surface area contributed by atoms with Crippen molar-refractivity contribution >= 4 is 17.4 Å². The first-order valence-electron chi connectivity index (χ1n) is 8.83. The molecule has 0 fully saturated rings. The number of para-hydroxylation sites is 1. The minimum Gasteiger partial charge on any atom is -0.494 e. The van der Waals surface area contributed by atoms with E-state index in [1.807, 2.05) is 32.0 Å². The van der Waals surface area contributed by atoms with Crippen molar-refractivity contribution < 1.29 is 14.3 Å². The molecule has 1 amide bonds. The first-order valence-corrected chi connectivity index (χ1v) is 8.83. The van der Waals surface area contributed by atoms with Crippen molar-refractivity contribution in [3.8, 4) is 5.75 Å². The Morgan fingerprint density at radius 1 is 0.889 bits per heavy atom. The zero-order valence-corrected chi connectivity index (χ0v) is 15.4. The van der Waals surface area contributed by atoms with Gasteiger partial charge in [0.15, 0.2) is 5.78 Å². The molecule has 4 nitrogen and oxygen atoms in total. The summed E-state index contributed by atoms with van der Waals surface area (Å²) in [5, 5.41) is 2.86. The molecular weight excluding hydrogens is 338 g/mol. The fourth-order valence-corrected chi connectivity index (χ4v) is 2.84. The van der Waals surface area contributed by atoms with Crippen LogP contribution in [0.5, 0.6) is 5.75 Å². The highest BCUT2D eigenvalue weighted by Gasteiger charge is 2.16. The predicted octanol–water partition coefficient (Wildman–Crippen LogP) is 4.88. The molecule has 0 atom stereocenters. The van der Waals surface area contributed by atoms with Crippen molar-refractivity contribution in [1.29, 1.82) is 0 Å². The van der Waals surface area contributed by atoms with Gasteiger partial charge in [-0.15, -0.1) is 0 Å². The summed E-state index contributed by atoms with van der Waals surface area (Å²) in [6.07, 6.45) is 0. The maximum absolute atomic E-state index is 12.8. The van der Waals surface area contributed by atoms with Gasteiger partial charge in [0.2, 0.25) is 0 Å². The van der Waals surface area contributed by atoms with E-state index in [-0.39, 0.29) is 11.7 Å². The summed E-state index contributed by atoms with van der Waals surface area (Å²) in [4.78, 5) is 25.5. The quantitative estimate of drug-likeness (QED) is 0.638. The van der Waals surface area contributed by atoms with E-state index in [1.165, 1.54) is 0 Å². The van der Waals surface area contributed by atoms with Gasteiger partial charge < -0.3 is 10.1 Å². The highest BCUT2D eigenvalue weighted by molar-refractivity contribution is 6.15. The molecule has 1 N–H and O–H groups in total. The lowest BCUT2D eigenvalue weighted by Gasteiger charge is -2.12. The highest BCUT2D eigenvalue weighted by Crippen LogP contribution is 2.22. The van der Waals surface area contributed by atoms with Crippen molar-refractivity contribution in [2.24, 2.45) is 0 Å². The Bertz CT molecular complexity index is 964. The molecule has 0 saturated heterocycles. The molecule has 3 rings (SSSR count). The van der Waals surface area contributed by atoms with Crippen LogP contribution in [0, 0.1) is 6.92 Å². The van der Waals surface area contributed by atoms with Gasteiger partial charge in [-0.05, 0) is 49.7 Å². The largest absolute Gasteiger partial charge is 0.494 e. The van der Waals surface area contributed by atoms with E-state index >= 15 is 0 Å². The van der Waals surface area contributed by atoms with E-state index in [4.69, 9.17) is 4.74 Å². The molecule has 0 unspecified atom stereocenters.